The van der Waals surface area contributed by atoms with Crippen molar-refractivity contribution >= 4 is 0 Å². The molecule has 18 heavy (non-hydrogen) atoms. The van der Waals surface area contributed by atoms with Gasteiger partial charge in [-0.05, 0) is 13.1 Å². The van der Waals surface area contributed by atoms with Crippen molar-refractivity contribution in [1.82, 2.24) is 10.2 Å². The van der Waals surface area contributed by atoms with Gasteiger partial charge in [0.15, 0.2) is 11.6 Å². The minimum atomic E-state index is -0.260. The van der Waals surface area contributed by atoms with Crippen LogP contribution in [0.15, 0.2) is 18.2 Å². The van der Waals surface area contributed by atoms with Crippen LogP contribution in [-0.2, 0) is 6.54 Å². The average Bonchev–Trinajstić information content (AvgIpc) is 2.31. The van der Waals surface area contributed by atoms with Crippen LogP contribution < -0.4 is 10.1 Å². The molecule has 1 aromatic rings. The summed E-state index contributed by atoms with van der Waals surface area (Å²) in [5.74, 6) is 0.0462. The smallest absolute Gasteiger partial charge is 0.169 e. The fourth-order valence-electron chi connectivity index (χ4n) is 1.75. The summed E-state index contributed by atoms with van der Waals surface area (Å²) >= 11 is 0. The van der Waals surface area contributed by atoms with E-state index in [1.807, 2.05) is 13.1 Å². The number of halogens is 1. The molecule has 0 bridgehead atoms. The first kappa shape index (κ1) is 14.9. The summed E-state index contributed by atoms with van der Waals surface area (Å²) in [5.41, 5.74) is 0.668. The van der Waals surface area contributed by atoms with Crippen molar-refractivity contribution in [2.75, 3.05) is 27.2 Å². The molecule has 0 aliphatic rings. The molecule has 1 N–H and O–H groups in total. The second kappa shape index (κ2) is 7.34. The van der Waals surface area contributed by atoms with Crippen LogP contribution in [0.1, 0.15) is 19.4 Å². The van der Waals surface area contributed by atoms with Gasteiger partial charge in [0.2, 0.25) is 0 Å². The molecule has 0 amide bonds. The van der Waals surface area contributed by atoms with Crippen LogP contribution in [0.4, 0.5) is 4.39 Å². The maximum atomic E-state index is 13.9. The van der Waals surface area contributed by atoms with Gasteiger partial charge in [-0.1, -0.05) is 26.0 Å². The lowest BCUT2D eigenvalue weighted by molar-refractivity contribution is 0.311. The van der Waals surface area contributed by atoms with E-state index < -0.39 is 0 Å². The monoisotopic (exact) mass is 254 g/mol. The van der Waals surface area contributed by atoms with Gasteiger partial charge in [0.1, 0.15) is 0 Å². The van der Waals surface area contributed by atoms with E-state index in [0.717, 1.165) is 13.1 Å². The summed E-state index contributed by atoms with van der Waals surface area (Å²) in [6, 6.07) is 5.73. The second-order valence-corrected chi connectivity index (χ2v) is 4.78. The highest BCUT2D eigenvalue weighted by Crippen LogP contribution is 2.20. The van der Waals surface area contributed by atoms with Crippen LogP contribution >= 0.6 is 0 Å². The first-order valence-electron chi connectivity index (χ1n) is 6.28. The van der Waals surface area contributed by atoms with Crippen molar-refractivity contribution in [1.29, 1.82) is 0 Å². The number of ether oxygens (including phenoxy) is 1. The second-order valence-electron chi connectivity index (χ2n) is 4.78. The fraction of sp³-hybridized carbons (Fsp3) is 0.571. The molecule has 0 fully saturated rings. The minimum Gasteiger partial charge on any atom is -0.494 e. The number of methoxy groups -OCH3 is 1. The molecule has 0 spiro atoms. The molecule has 0 saturated heterocycles. The van der Waals surface area contributed by atoms with Crippen molar-refractivity contribution < 1.29 is 9.13 Å². The summed E-state index contributed by atoms with van der Waals surface area (Å²) in [5, 5.41) is 3.34. The normalized spacial score (nSPS) is 11.3. The third-order valence-corrected chi connectivity index (χ3v) is 2.75. The maximum Gasteiger partial charge on any atom is 0.169 e. The highest BCUT2D eigenvalue weighted by Gasteiger charge is 2.10. The summed E-state index contributed by atoms with van der Waals surface area (Å²) in [7, 11) is 3.47. The Morgan fingerprint density at radius 2 is 2.11 bits per heavy atom. The van der Waals surface area contributed by atoms with Crippen molar-refractivity contribution in [3.8, 4) is 5.75 Å². The largest absolute Gasteiger partial charge is 0.494 e. The Kier molecular flexibility index (Phi) is 6.09. The van der Waals surface area contributed by atoms with Gasteiger partial charge in [0.25, 0.3) is 0 Å². The molecule has 4 heteroatoms. The lowest BCUT2D eigenvalue weighted by Crippen LogP contribution is -2.32. The standard InChI is InChI=1S/C14H23FN2O/c1-11(2)16-8-9-17(3)10-12-6-5-7-13(18-4)14(12)15/h5-7,11,16H,8-10H2,1-4H3. The van der Waals surface area contributed by atoms with Crippen molar-refractivity contribution in [3.63, 3.8) is 0 Å². The Labute approximate surface area is 109 Å². The Bertz CT molecular complexity index is 369. The van der Waals surface area contributed by atoms with Crippen LogP contribution in [0, 0.1) is 5.82 Å². The predicted molar refractivity (Wildman–Crippen MR) is 72.4 cm³/mol. The summed E-state index contributed by atoms with van der Waals surface area (Å²) in [6.45, 7) is 6.60. The van der Waals surface area contributed by atoms with Crippen LogP contribution in [0.5, 0.6) is 5.75 Å². The molecule has 0 aliphatic carbocycles. The molecule has 0 atom stereocenters. The summed E-state index contributed by atoms with van der Waals surface area (Å²) in [6.07, 6.45) is 0. The van der Waals surface area contributed by atoms with Gasteiger partial charge in [0, 0.05) is 31.2 Å². The third kappa shape index (κ3) is 4.63. The van der Waals surface area contributed by atoms with Gasteiger partial charge in [0.05, 0.1) is 7.11 Å². The van der Waals surface area contributed by atoms with Gasteiger partial charge in [-0.25, -0.2) is 4.39 Å². The SMILES string of the molecule is COc1cccc(CN(C)CCNC(C)C)c1F. The van der Waals surface area contributed by atoms with E-state index in [1.54, 1.807) is 12.1 Å². The predicted octanol–water partition coefficient (Wildman–Crippen LogP) is 2.26. The Morgan fingerprint density at radius 1 is 1.39 bits per heavy atom. The van der Waals surface area contributed by atoms with Gasteiger partial charge < -0.3 is 15.0 Å². The molecule has 0 unspecified atom stereocenters. The zero-order chi connectivity index (χ0) is 13.5. The summed E-state index contributed by atoms with van der Waals surface area (Å²) < 4.78 is 18.9. The number of hydrogen-bond acceptors (Lipinski definition) is 3. The molecular formula is C14H23FN2O. The van der Waals surface area contributed by atoms with Crippen LogP contribution in [-0.4, -0.2) is 38.2 Å². The molecule has 0 aromatic heterocycles. The molecular weight excluding hydrogens is 231 g/mol. The minimum absolute atomic E-state index is 0.260. The van der Waals surface area contributed by atoms with E-state index in [1.165, 1.54) is 7.11 Å². The van der Waals surface area contributed by atoms with Gasteiger partial charge in [-0.3, -0.25) is 0 Å². The van der Waals surface area contributed by atoms with E-state index in [0.29, 0.717) is 23.9 Å². The fourth-order valence-corrected chi connectivity index (χ4v) is 1.75. The number of benzene rings is 1. The molecule has 102 valence electrons. The van der Waals surface area contributed by atoms with Crippen molar-refractivity contribution in [2.24, 2.45) is 0 Å². The number of rotatable bonds is 7. The van der Waals surface area contributed by atoms with E-state index in [9.17, 15) is 4.39 Å². The highest BCUT2D eigenvalue weighted by molar-refractivity contribution is 5.30. The van der Waals surface area contributed by atoms with Crippen molar-refractivity contribution in [2.45, 2.75) is 26.4 Å². The first-order chi connectivity index (χ1) is 8.54. The highest BCUT2D eigenvalue weighted by atomic mass is 19.1. The Balaban J connectivity index is 2.51. The Morgan fingerprint density at radius 3 is 2.72 bits per heavy atom. The molecule has 1 rings (SSSR count). The number of hydrogen-bond donors (Lipinski definition) is 1. The van der Waals surface area contributed by atoms with E-state index in [4.69, 9.17) is 4.74 Å². The maximum absolute atomic E-state index is 13.9. The van der Waals surface area contributed by atoms with E-state index >= 15 is 0 Å². The molecule has 0 saturated carbocycles. The molecule has 1 aromatic carbocycles. The Hall–Kier alpha value is -1.13. The molecule has 3 nitrogen and oxygen atoms in total. The third-order valence-electron chi connectivity index (χ3n) is 2.75. The zero-order valence-corrected chi connectivity index (χ0v) is 11.7. The lowest BCUT2D eigenvalue weighted by Gasteiger charge is -2.19. The molecule has 0 radical (unpaired) electrons. The van der Waals surface area contributed by atoms with Crippen LogP contribution in [0.3, 0.4) is 0 Å². The number of nitrogens with one attached hydrogen (secondary N) is 1. The number of likely N-dealkylation sites (N-methyl/N-ethyl adjacent to an activating group) is 1. The quantitative estimate of drug-likeness (QED) is 0.808. The lowest BCUT2D eigenvalue weighted by atomic mass is 10.2. The van der Waals surface area contributed by atoms with E-state index in [2.05, 4.69) is 24.1 Å². The van der Waals surface area contributed by atoms with Gasteiger partial charge >= 0.3 is 0 Å². The number of nitrogens with zero attached hydrogens (tertiary/aromatic N) is 1. The first-order valence-corrected chi connectivity index (χ1v) is 6.28. The van der Waals surface area contributed by atoms with Gasteiger partial charge in [-0.2, -0.15) is 0 Å². The topological polar surface area (TPSA) is 24.5 Å². The molecule has 0 heterocycles. The summed E-state index contributed by atoms with van der Waals surface area (Å²) in [4.78, 5) is 2.09. The van der Waals surface area contributed by atoms with Crippen LogP contribution in [0.2, 0.25) is 0 Å². The van der Waals surface area contributed by atoms with E-state index in [-0.39, 0.29) is 5.82 Å². The molecule has 0 aliphatic heterocycles. The van der Waals surface area contributed by atoms with Crippen molar-refractivity contribution in [3.05, 3.63) is 29.6 Å². The van der Waals surface area contributed by atoms with Gasteiger partial charge in [-0.15, -0.1) is 0 Å². The van der Waals surface area contributed by atoms with Crippen LogP contribution in [0.25, 0.3) is 0 Å². The zero-order valence-electron chi connectivity index (χ0n) is 11.7. The average molecular weight is 254 g/mol.